The molecule has 0 saturated heterocycles. The summed E-state index contributed by atoms with van der Waals surface area (Å²) in [6.45, 7) is 8.38. The van der Waals surface area contributed by atoms with Crippen molar-refractivity contribution in [3.05, 3.63) is 17.8 Å². The fraction of sp³-hybridized carbons (Fsp3) is 0.588. The molecule has 1 heterocycles. The second-order valence-electron chi connectivity index (χ2n) is 6.61. The van der Waals surface area contributed by atoms with Crippen LogP contribution in [0, 0.1) is 0 Å². The second kappa shape index (κ2) is 6.57. The van der Waals surface area contributed by atoms with E-state index in [9.17, 15) is 0 Å². The van der Waals surface area contributed by atoms with Gasteiger partial charge in [-0.15, -0.1) is 0 Å². The maximum absolute atomic E-state index is 6.23. The lowest BCUT2D eigenvalue weighted by atomic mass is 10.0. The van der Waals surface area contributed by atoms with Gasteiger partial charge in [-0.25, -0.2) is 0 Å². The molecule has 1 atom stereocenters. The van der Waals surface area contributed by atoms with E-state index in [0.717, 1.165) is 35.9 Å². The summed E-state index contributed by atoms with van der Waals surface area (Å²) < 4.78 is 11.5. The Morgan fingerprint density at radius 2 is 2.05 bits per heavy atom. The van der Waals surface area contributed by atoms with Crippen molar-refractivity contribution in [2.75, 3.05) is 12.8 Å². The Morgan fingerprint density at radius 1 is 1.32 bits per heavy atom. The summed E-state index contributed by atoms with van der Waals surface area (Å²) in [4.78, 5) is 0. The third-order valence-corrected chi connectivity index (χ3v) is 3.56. The van der Waals surface area contributed by atoms with Gasteiger partial charge in [0, 0.05) is 11.5 Å². The molecule has 2 aromatic rings. The summed E-state index contributed by atoms with van der Waals surface area (Å²) in [6, 6.07) is 3.80. The van der Waals surface area contributed by atoms with Crippen molar-refractivity contribution < 1.29 is 9.47 Å². The summed E-state index contributed by atoms with van der Waals surface area (Å²) in [5, 5.41) is 8.56. The summed E-state index contributed by atoms with van der Waals surface area (Å²) in [6.07, 6.45) is 3.13. The van der Waals surface area contributed by atoms with Crippen LogP contribution in [0.1, 0.15) is 58.8 Å². The Bertz CT molecular complexity index is 629. The van der Waals surface area contributed by atoms with Gasteiger partial charge in [0.1, 0.15) is 11.9 Å². The van der Waals surface area contributed by atoms with Crippen LogP contribution in [0.15, 0.2) is 12.1 Å². The zero-order valence-corrected chi connectivity index (χ0v) is 14.2. The quantitative estimate of drug-likeness (QED) is 0.784. The van der Waals surface area contributed by atoms with Gasteiger partial charge in [0.05, 0.1) is 29.6 Å². The molecule has 0 aliphatic heterocycles. The number of benzene rings is 1. The lowest BCUT2D eigenvalue weighted by Gasteiger charge is -2.27. The van der Waals surface area contributed by atoms with Gasteiger partial charge in [-0.1, -0.05) is 19.8 Å². The number of fused-ring (bicyclic) bond motifs is 1. The van der Waals surface area contributed by atoms with E-state index in [1.807, 2.05) is 12.1 Å². The van der Waals surface area contributed by atoms with Crippen molar-refractivity contribution in [2.45, 2.75) is 58.7 Å². The molecule has 3 N–H and O–H groups in total. The first-order chi connectivity index (χ1) is 10.4. The molecule has 5 heteroatoms. The number of nitrogens with zero attached hydrogens (tertiary/aromatic N) is 1. The predicted molar refractivity (Wildman–Crippen MR) is 90.2 cm³/mol. The molecule has 5 nitrogen and oxygen atoms in total. The van der Waals surface area contributed by atoms with Gasteiger partial charge in [0.2, 0.25) is 0 Å². The Hall–Kier alpha value is -1.75. The fourth-order valence-corrected chi connectivity index (χ4v) is 2.57. The van der Waals surface area contributed by atoms with E-state index < -0.39 is 0 Å². The van der Waals surface area contributed by atoms with Crippen LogP contribution in [0.25, 0.3) is 10.9 Å². The van der Waals surface area contributed by atoms with E-state index in [1.54, 1.807) is 7.11 Å². The maximum atomic E-state index is 6.23. The minimum atomic E-state index is -0.221. The van der Waals surface area contributed by atoms with Gasteiger partial charge in [-0.05, 0) is 33.3 Å². The average molecular weight is 305 g/mol. The smallest absolute Gasteiger partial charge is 0.143 e. The number of methoxy groups -OCH3 is 1. The van der Waals surface area contributed by atoms with Gasteiger partial charge in [0.15, 0.2) is 0 Å². The van der Waals surface area contributed by atoms with Crippen molar-refractivity contribution >= 4 is 16.6 Å². The number of hydrogen-bond acceptors (Lipinski definition) is 4. The molecule has 0 aliphatic rings. The highest BCUT2D eigenvalue weighted by atomic mass is 16.5. The predicted octanol–water partition coefficient (Wildman–Crippen LogP) is 4.20. The fourth-order valence-electron chi connectivity index (χ4n) is 2.57. The molecule has 0 fully saturated rings. The highest BCUT2D eigenvalue weighted by Gasteiger charge is 2.24. The zero-order valence-electron chi connectivity index (χ0n) is 14.2. The van der Waals surface area contributed by atoms with Crippen LogP contribution in [0.3, 0.4) is 0 Å². The SMILES string of the molecule is CCCCC(OC(C)(C)C)c1n[nH]c2cc(OC)c(N)cc12. The molecular formula is C17H27N3O2. The number of anilines is 1. The van der Waals surface area contributed by atoms with Gasteiger partial charge >= 0.3 is 0 Å². The van der Waals surface area contributed by atoms with E-state index in [-0.39, 0.29) is 11.7 Å². The minimum absolute atomic E-state index is 0.0403. The number of nitrogen functional groups attached to an aromatic ring is 1. The molecule has 1 aromatic carbocycles. The highest BCUT2D eigenvalue weighted by molar-refractivity contribution is 5.87. The minimum Gasteiger partial charge on any atom is -0.495 e. The number of aromatic nitrogens is 2. The number of unbranched alkanes of at least 4 members (excludes halogenated alkanes) is 1. The first-order valence-electron chi connectivity index (χ1n) is 7.85. The molecule has 0 radical (unpaired) electrons. The van der Waals surface area contributed by atoms with Crippen molar-refractivity contribution in [1.29, 1.82) is 0 Å². The van der Waals surface area contributed by atoms with Crippen molar-refractivity contribution in [3.63, 3.8) is 0 Å². The molecule has 1 aromatic heterocycles. The zero-order chi connectivity index (χ0) is 16.3. The molecule has 0 amide bonds. The molecule has 22 heavy (non-hydrogen) atoms. The first kappa shape index (κ1) is 16.6. The number of ether oxygens (including phenoxy) is 2. The molecule has 0 aliphatic carbocycles. The van der Waals surface area contributed by atoms with E-state index in [2.05, 4.69) is 37.9 Å². The molecule has 0 spiro atoms. The van der Waals surface area contributed by atoms with Crippen LogP contribution in [0.2, 0.25) is 0 Å². The maximum Gasteiger partial charge on any atom is 0.143 e. The van der Waals surface area contributed by atoms with Crippen molar-refractivity contribution in [3.8, 4) is 5.75 Å². The Labute approximate surface area is 132 Å². The number of hydrogen-bond donors (Lipinski definition) is 2. The normalized spacial score (nSPS) is 13.5. The third kappa shape index (κ3) is 3.71. The van der Waals surface area contributed by atoms with Gasteiger partial charge < -0.3 is 15.2 Å². The monoisotopic (exact) mass is 305 g/mol. The molecule has 0 bridgehead atoms. The van der Waals surface area contributed by atoms with Crippen LogP contribution >= 0.6 is 0 Å². The van der Waals surface area contributed by atoms with E-state index in [4.69, 9.17) is 15.2 Å². The summed E-state index contributed by atoms with van der Waals surface area (Å²) >= 11 is 0. The van der Waals surface area contributed by atoms with Gasteiger partial charge in [-0.2, -0.15) is 5.10 Å². The van der Waals surface area contributed by atoms with E-state index >= 15 is 0 Å². The lowest BCUT2D eigenvalue weighted by Crippen LogP contribution is -2.23. The largest absolute Gasteiger partial charge is 0.495 e. The Morgan fingerprint density at radius 3 is 2.64 bits per heavy atom. The second-order valence-corrected chi connectivity index (χ2v) is 6.61. The van der Waals surface area contributed by atoms with Gasteiger partial charge in [0.25, 0.3) is 0 Å². The van der Waals surface area contributed by atoms with E-state index in [0.29, 0.717) is 11.4 Å². The molecular weight excluding hydrogens is 278 g/mol. The molecule has 2 rings (SSSR count). The number of rotatable bonds is 6. The highest BCUT2D eigenvalue weighted by Crippen LogP contribution is 2.35. The van der Waals surface area contributed by atoms with Crippen LogP contribution in [-0.4, -0.2) is 22.9 Å². The lowest BCUT2D eigenvalue weighted by molar-refractivity contribution is -0.0670. The van der Waals surface area contributed by atoms with Crippen LogP contribution in [0.5, 0.6) is 5.75 Å². The summed E-state index contributed by atoms with van der Waals surface area (Å²) in [7, 11) is 1.61. The van der Waals surface area contributed by atoms with Crippen LogP contribution in [0.4, 0.5) is 5.69 Å². The van der Waals surface area contributed by atoms with Crippen LogP contribution < -0.4 is 10.5 Å². The average Bonchev–Trinajstić information content (AvgIpc) is 2.84. The van der Waals surface area contributed by atoms with Crippen molar-refractivity contribution in [2.24, 2.45) is 0 Å². The molecule has 1 unspecified atom stereocenters. The Balaban J connectivity index is 2.42. The number of aromatic amines is 1. The molecule has 0 saturated carbocycles. The summed E-state index contributed by atoms with van der Waals surface area (Å²) in [5.74, 6) is 0.657. The van der Waals surface area contributed by atoms with E-state index in [1.165, 1.54) is 0 Å². The molecule has 122 valence electrons. The van der Waals surface area contributed by atoms with Gasteiger partial charge in [-0.3, -0.25) is 5.10 Å². The number of nitrogens with one attached hydrogen (secondary N) is 1. The standard InChI is InChI=1S/C17H27N3O2/c1-6-7-8-14(22-17(2,3)4)16-11-9-12(18)15(21-5)10-13(11)19-20-16/h9-10,14H,6-8,18H2,1-5H3,(H,19,20). The number of H-pyrrole nitrogens is 1. The Kier molecular flexibility index (Phi) is 4.96. The summed E-state index contributed by atoms with van der Waals surface area (Å²) in [5.41, 5.74) is 8.28. The first-order valence-corrected chi connectivity index (χ1v) is 7.85. The van der Waals surface area contributed by atoms with Crippen LogP contribution in [-0.2, 0) is 4.74 Å². The number of nitrogens with two attached hydrogens (primary N) is 1. The third-order valence-electron chi connectivity index (χ3n) is 3.56. The topological polar surface area (TPSA) is 73.2 Å². The van der Waals surface area contributed by atoms with Crippen molar-refractivity contribution in [1.82, 2.24) is 10.2 Å².